The van der Waals surface area contributed by atoms with Crippen molar-refractivity contribution in [2.45, 2.75) is 19.3 Å². The van der Waals surface area contributed by atoms with Crippen molar-refractivity contribution in [3.8, 4) is 23.0 Å². The molecule has 2 aromatic carbocycles. The number of aromatic nitrogens is 5. The monoisotopic (exact) mass is 413 g/mol. The fourth-order valence-corrected chi connectivity index (χ4v) is 3.44. The second-order valence-electron chi connectivity index (χ2n) is 6.35. The van der Waals surface area contributed by atoms with Crippen molar-refractivity contribution >= 4 is 23.2 Å². The van der Waals surface area contributed by atoms with Crippen molar-refractivity contribution in [1.82, 2.24) is 25.1 Å². The van der Waals surface area contributed by atoms with Crippen molar-refractivity contribution < 1.29 is 9.26 Å². The number of ether oxygens (including phenoxy) is 1. The molecule has 7 nitrogen and oxygen atoms in total. The predicted molar refractivity (Wildman–Crippen MR) is 103 cm³/mol. The summed E-state index contributed by atoms with van der Waals surface area (Å²) in [5.41, 5.74) is 3.12. The van der Waals surface area contributed by atoms with Crippen molar-refractivity contribution in [3.05, 3.63) is 69.8 Å². The summed E-state index contributed by atoms with van der Waals surface area (Å²) in [5, 5.41) is 13.8. The minimum Gasteiger partial charge on any atom is -0.365 e. The Balaban J connectivity index is 1.42. The van der Waals surface area contributed by atoms with Gasteiger partial charge in [-0.15, -0.1) is 5.10 Å². The van der Waals surface area contributed by atoms with Gasteiger partial charge in [0.1, 0.15) is 6.10 Å². The van der Waals surface area contributed by atoms with Crippen LogP contribution in [0.4, 0.5) is 0 Å². The minimum absolute atomic E-state index is 0.121. The van der Waals surface area contributed by atoms with Crippen LogP contribution in [0.5, 0.6) is 0 Å². The van der Waals surface area contributed by atoms with E-state index in [9.17, 15) is 0 Å². The van der Waals surface area contributed by atoms with Gasteiger partial charge in [0.15, 0.2) is 5.69 Å². The molecule has 0 saturated carbocycles. The van der Waals surface area contributed by atoms with Crippen LogP contribution in [0, 0.1) is 0 Å². The average molecular weight is 414 g/mol. The lowest BCUT2D eigenvalue weighted by Crippen LogP contribution is -2.22. The Morgan fingerprint density at radius 3 is 2.71 bits per heavy atom. The molecule has 3 heterocycles. The Kier molecular flexibility index (Phi) is 4.35. The number of hydrogen-bond donors (Lipinski definition) is 0. The first-order chi connectivity index (χ1) is 13.7. The maximum Gasteiger partial charge on any atom is 0.280 e. The van der Waals surface area contributed by atoms with Crippen molar-refractivity contribution in [2.75, 3.05) is 0 Å². The van der Waals surface area contributed by atoms with Crippen molar-refractivity contribution in [2.24, 2.45) is 0 Å². The fourth-order valence-electron chi connectivity index (χ4n) is 3.12. The molecule has 0 saturated heterocycles. The van der Waals surface area contributed by atoms with Crippen LogP contribution in [0.25, 0.3) is 23.0 Å². The highest BCUT2D eigenvalue weighted by Crippen LogP contribution is 2.31. The molecule has 28 heavy (non-hydrogen) atoms. The molecule has 9 heteroatoms. The Hall–Kier alpha value is -2.74. The summed E-state index contributed by atoms with van der Waals surface area (Å²) in [6, 6.07) is 14.8. The molecule has 0 unspecified atom stereocenters. The van der Waals surface area contributed by atoms with E-state index < -0.39 is 0 Å². The van der Waals surface area contributed by atoms with E-state index in [-0.39, 0.29) is 6.10 Å². The van der Waals surface area contributed by atoms with Crippen LogP contribution in [-0.4, -0.2) is 25.1 Å². The normalized spacial score (nSPS) is 16.1. The van der Waals surface area contributed by atoms with Gasteiger partial charge >= 0.3 is 0 Å². The van der Waals surface area contributed by atoms with Crippen LogP contribution in [0.15, 0.2) is 53.1 Å². The second kappa shape index (κ2) is 7.01. The first-order valence-electron chi connectivity index (χ1n) is 8.57. The maximum atomic E-state index is 6.03. The Bertz CT molecular complexity index is 1140. The molecule has 2 aromatic heterocycles. The quantitative estimate of drug-likeness (QED) is 0.489. The lowest BCUT2D eigenvalue weighted by atomic mass is 10.1. The zero-order chi connectivity index (χ0) is 19.1. The van der Waals surface area contributed by atoms with E-state index in [1.54, 1.807) is 16.8 Å². The summed E-state index contributed by atoms with van der Waals surface area (Å²) in [7, 11) is 0. The maximum absolute atomic E-state index is 6.03. The molecule has 0 radical (unpaired) electrons. The van der Waals surface area contributed by atoms with Crippen LogP contribution in [0.3, 0.4) is 0 Å². The summed E-state index contributed by atoms with van der Waals surface area (Å²) in [5.74, 6) is 0.736. The zero-order valence-electron chi connectivity index (χ0n) is 14.4. The third kappa shape index (κ3) is 3.17. The molecule has 0 fully saturated rings. The lowest BCUT2D eigenvalue weighted by molar-refractivity contribution is -0.00117. The molecule has 0 aliphatic carbocycles. The smallest absolute Gasteiger partial charge is 0.280 e. The summed E-state index contributed by atoms with van der Waals surface area (Å²) >= 11 is 12.0. The summed E-state index contributed by atoms with van der Waals surface area (Å²) in [4.78, 5) is 4.44. The van der Waals surface area contributed by atoms with Crippen LogP contribution < -0.4 is 0 Å². The average Bonchev–Trinajstić information content (AvgIpc) is 3.35. The number of nitrogens with zero attached hydrogens (tertiary/aromatic N) is 5. The van der Waals surface area contributed by atoms with Gasteiger partial charge in [-0.2, -0.15) is 4.98 Å². The number of benzene rings is 2. The molecular formula is C19H13Cl2N5O2. The van der Waals surface area contributed by atoms with E-state index in [2.05, 4.69) is 20.5 Å². The highest BCUT2D eigenvalue weighted by molar-refractivity contribution is 6.31. The van der Waals surface area contributed by atoms with Crippen LogP contribution in [0.2, 0.25) is 10.0 Å². The lowest BCUT2D eigenvalue weighted by Gasteiger charge is -2.24. The number of fused-ring (bicyclic) bond motifs is 1. The molecule has 0 spiro atoms. The predicted octanol–water partition coefficient (Wildman–Crippen LogP) is 4.57. The minimum atomic E-state index is -0.121. The van der Waals surface area contributed by atoms with Gasteiger partial charge in [-0.25, -0.2) is 4.68 Å². The summed E-state index contributed by atoms with van der Waals surface area (Å²) < 4.78 is 13.2. The third-order valence-corrected chi connectivity index (χ3v) is 5.04. The van der Waals surface area contributed by atoms with E-state index in [0.717, 1.165) is 16.8 Å². The van der Waals surface area contributed by atoms with Crippen LogP contribution >= 0.6 is 23.2 Å². The molecule has 0 N–H and O–H groups in total. The number of hydrogen-bond acceptors (Lipinski definition) is 6. The fraction of sp³-hybridized carbons (Fsp3) is 0.158. The first kappa shape index (κ1) is 17.4. The van der Waals surface area contributed by atoms with E-state index in [4.69, 9.17) is 32.5 Å². The molecule has 4 aromatic rings. The van der Waals surface area contributed by atoms with Gasteiger partial charge in [-0.05, 0) is 29.8 Å². The molecule has 0 amide bonds. The highest BCUT2D eigenvalue weighted by atomic mass is 35.5. The molecule has 1 aliphatic heterocycles. The zero-order valence-corrected chi connectivity index (χ0v) is 15.9. The molecule has 1 atom stereocenters. The van der Waals surface area contributed by atoms with E-state index in [1.807, 2.05) is 36.4 Å². The van der Waals surface area contributed by atoms with E-state index in [1.165, 1.54) is 0 Å². The molecular weight excluding hydrogens is 401 g/mol. The molecule has 5 rings (SSSR count). The van der Waals surface area contributed by atoms with Gasteiger partial charge in [0.2, 0.25) is 5.82 Å². The van der Waals surface area contributed by atoms with Gasteiger partial charge in [0.05, 0.1) is 18.8 Å². The third-order valence-electron chi connectivity index (χ3n) is 4.55. The molecule has 0 bridgehead atoms. The van der Waals surface area contributed by atoms with Crippen molar-refractivity contribution in [1.29, 1.82) is 0 Å². The van der Waals surface area contributed by atoms with Crippen molar-refractivity contribution in [3.63, 3.8) is 0 Å². The van der Waals surface area contributed by atoms with Gasteiger partial charge < -0.3 is 9.26 Å². The standard InChI is InChI=1S/C19H13Cl2N5O2/c20-13-6-4-11(5-7-13)16-9-26-15(10-27-16)17(23-25-26)19-22-18(24-28-19)12-2-1-3-14(21)8-12/h1-8,16H,9-10H2/t16-/m1/s1. The van der Waals surface area contributed by atoms with Gasteiger partial charge in [0.25, 0.3) is 5.89 Å². The Labute approximate surface area is 169 Å². The number of rotatable bonds is 3. The Morgan fingerprint density at radius 1 is 1.04 bits per heavy atom. The number of halogens is 2. The van der Waals surface area contributed by atoms with Gasteiger partial charge in [-0.3, -0.25) is 0 Å². The summed E-state index contributed by atoms with van der Waals surface area (Å²) in [6.07, 6.45) is -0.121. The first-order valence-corrected chi connectivity index (χ1v) is 9.32. The second-order valence-corrected chi connectivity index (χ2v) is 7.22. The molecule has 140 valence electrons. The van der Waals surface area contributed by atoms with Crippen LogP contribution in [0.1, 0.15) is 17.4 Å². The van der Waals surface area contributed by atoms with Crippen LogP contribution in [-0.2, 0) is 17.9 Å². The van der Waals surface area contributed by atoms with E-state index in [0.29, 0.717) is 40.6 Å². The SMILES string of the molecule is Clc1ccc([C@H]2Cn3nnc(-c4nc(-c5cccc(Cl)c5)no4)c3CO2)cc1. The largest absolute Gasteiger partial charge is 0.365 e. The van der Waals surface area contributed by atoms with Gasteiger partial charge in [-0.1, -0.05) is 57.8 Å². The summed E-state index contributed by atoms with van der Waals surface area (Å²) in [6.45, 7) is 0.879. The Morgan fingerprint density at radius 2 is 1.89 bits per heavy atom. The highest BCUT2D eigenvalue weighted by Gasteiger charge is 2.28. The van der Waals surface area contributed by atoms with E-state index >= 15 is 0 Å². The molecule has 1 aliphatic rings. The van der Waals surface area contributed by atoms with Gasteiger partial charge in [0, 0.05) is 15.6 Å². The topological polar surface area (TPSA) is 78.9 Å².